The van der Waals surface area contributed by atoms with Gasteiger partial charge in [0, 0.05) is 31.7 Å². The second-order valence-electron chi connectivity index (χ2n) is 7.18. The fraction of sp³-hybridized carbons (Fsp3) is 0.389. The molecule has 0 amide bonds. The van der Waals surface area contributed by atoms with Crippen LogP contribution in [0.25, 0.3) is 5.65 Å². The lowest BCUT2D eigenvalue weighted by atomic mass is 9.96. The third kappa shape index (κ3) is 3.32. The minimum atomic E-state index is -0.104. The van der Waals surface area contributed by atoms with Gasteiger partial charge in [-0.1, -0.05) is 32.9 Å². The number of hydrogen-bond donors (Lipinski definition) is 1. The highest BCUT2D eigenvalue weighted by Gasteiger charge is 2.21. The van der Waals surface area contributed by atoms with Crippen LogP contribution in [0.2, 0.25) is 0 Å². The van der Waals surface area contributed by atoms with Gasteiger partial charge in [0.1, 0.15) is 5.82 Å². The second kappa shape index (κ2) is 6.11. The summed E-state index contributed by atoms with van der Waals surface area (Å²) in [5.41, 5.74) is 3.06. The summed E-state index contributed by atoms with van der Waals surface area (Å²) < 4.78 is 1.82. The number of aromatic nitrogens is 4. The van der Waals surface area contributed by atoms with E-state index in [2.05, 4.69) is 70.5 Å². The van der Waals surface area contributed by atoms with E-state index in [9.17, 15) is 0 Å². The summed E-state index contributed by atoms with van der Waals surface area (Å²) >= 11 is 0. The van der Waals surface area contributed by atoms with Gasteiger partial charge < -0.3 is 10.2 Å². The molecule has 1 aromatic carbocycles. The maximum atomic E-state index is 4.63. The highest BCUT2D eigenvalue weighted by atomic mass is 15.4. The first-order valence-electron chi connectivity index (χ1n) is 8.08. The number of rotatable bonds is 4. The molecule has 0 unspecified atom stereocenters. The Balaban J connectivity index is 1.78. The van der Waals surface area contributed by atoms with Crippen LogP contribution in [0.5, 0.6) is 0 Å². The molecule has 0 aliphatic heterocycles. The Kier molecular flexibility index (Phi) is 4.13. The largest absolute Gasteiger partial charge is 0.378 e. The van der Waals surface area contributed by atoms with Crippen LogP contribution >= 0.6 is 0 Å². The fourth-order valence-corrected chi connectivity index (χ4v) is 2.46. The predicted octanol–water partition coefficient (Wildman–Crippen LogP) is 3.10. The average molecular weight is 324 g/mol. The Morgan fingerprint density at radius 3 is 2.33 bits per heavy atom. The lowest BCUT2D eigenvalue weighted by molar-refractivity contribution is 0.527. The zero-order valence-corrected chi connectivity index (χ0v) is 14.9. The van der Waals surface area contributed by atoms with Gasteiger partial charge in [0.25, 0.3) is 0 Å². The van der Waals surface area contributed by atoms with Crippen molar-refractivity contribution in [2.24, 2.45) is 0 Å². The van der Waals surface area contributed by atoms with E-state index in [0.717, 1.165) is 23.8 Å². The summed E-state index contributed by atoms with van der Waals surface area (Å²) in [6, 6.07) is 12.4. The molecular weight excluding hydrogens is 300 g/mol. The van der Waals surface area contributed by atoms with Crippen molar-refractivity contribution in [3.8, 4) is 0 Å². The third-order valence-corrected chi connectivity index (χ3v) is 3.86. The van der Waals surface area contributed by atoms with E-state index >= 15 is 0 Å². The quantitative estimate of drug-likeness (QED) is 0.799. The molecule has 6 heteroatoms. The number of fused-ring (bicyclic) bond motifs is 1. The molecule has 0 aliphatic rings. The van der Waals surface area contributed by atoms with Crippen molar-refractivity contribution in [1.29, 1.82) is 0 Å². The van der Waals surface area contributed by atoms with E-state index in [4.69, 9.17) is 0 Å². The van der Waals surface area contributed by atoms with Gasteiger partial charge in [0.05, 0.1) is 0 Å². The summed E-state index contributed by atoms with van der Waals surface area (Å²) in [7, 11) is 4.08. The van der Waals surface area contributed by atoms with Gasteiger partial charge in [-0.15, -0.1) is 15.3 Å². The number of nitrogens with one attached hydrogen (secondary N) is 1. The minimum Gasteiger partial charge on any atom is -0.378 e. The molecule has 2 aromatic heterocycles. The molecule has 6 nitrogen and oxygen atoms in total. The van der Waals surface area contributed by atoms with Gasteiger partial charge in [-0.2, -0.15) is 4.52 Å². The first kappa shape index (κ1) is 16.2. The molecule has 0 radical (unpaired) electrons. The summed E-state index contributed by atoms with van der Waals surface area (Å²) in [6.07, 6.45) is 0. The van der Waals surface area contributed by atoms with Crippen LogP contribution in [-0.2, 0) is 12.0 Å². The van der Waals surface area contributed by atoms with Crippen LogP contribution in [0.3, 0.4) is 0 Å². The zero-order valence-electron chi connectivity index (χ0n) is 14.9. The van der Waals surface area contributed by atoms with Crippen LogP contribution in [0, 0.1) is 0 Å². The van der Waals surface area contributed by atoms with Gasteiger partial charge >= 0.3 is 0 Å². The van der Waals surface area contributed by atoms with E-state index in [0.29, 0.717) is 0 Å². The van der Waals surface area contributed by atoms with Gasteiger partial charge in [0.15, 0.2) is 11.5 Å². The molecule has 0 saturated heterocycles. The van der Waals surface area contributed by atoms with Crippen LogP contribution in [0.4, 0.5) is 11.5 Å². The summed E-state index contributed by atoms with van der Waals surface area (Å²) in [5.74, 6) is 1.67. The predicted molar refractivity (Wildman–Crippen MR) is 97.6 cm³/mol. The molecule has 126 valence electrons. The zero-order chi connectivity index (χ0) is 17.3. The highest BCUT2D eigenvalue weighted by molar-refractivity contribution is 5.48. The molecule has 0 atom stereocenters. The van der Waals surface area contributed by atoms with Crippen molar-refractivity contribution in [2.75, 3.05) is 24.3 Å². The standard InChI is InChI=1S/C18H24N6/c1-18(2,3)17-21-20-16-11-10-15(22-24(16)17)19-12-13-6-8-14(9-7-13)23(4)5/h6-11H,12H2,1-5H3,(H,19,22). The molecule has 3 rings (SSSR count). The maximum Gasteiger partial charge on any atom is 0.178 e. The number of hydrogen-bond acceptors (Lipinski definition) is 5. The number of benzene rings is 1. The maximum absolute atomic E-state index is 4.63. The van der Waals surface area contributed by atoms with Crippen LogP contribution in [-0.4, -0.2) is 33.9 Å². The van der Waals surface area contributed by atoms with Crippen LogP contribution in [0.15, 0.2) is 36.4 Å². The van der Waals surface area contributed by atoms with Crippen molar-refractivity contribution < 1.29 is 0 Å². The van der Waals surface area contributed by atoms with Crippen molar-refractivity contribution in [3.05, 3.63) is 47.8 Å². The third-order valence-electron chi connectivity index (χ3n) is 3.86. The molecule has 24 heavy (non-hydrogen) atoms. The first-order valence-corrected chi connectivity index (χ1v) is 8.08. The summed E-state index contributed by atoms with van der Waals surface area (Å²) in [4.78, 5) is 2.09. The summed E-state index contributed by atoms with van der Waals surface area (Å²) in [5, 5.41) is 16.5. The molecule has 2 heterocycles. The molecule has 0 spiro atoms. The molecule has 0 fully saturated rings. The number of nitrogens with zero attached hydrogens (tertiary/aromatic N) is 5. The smallest absolute Gasteiger partial charge is 0.178 e. The summed E-state index contributed by atoms with van der Waals surface area (Å²) in [6.45, 7) is 7.05. The van der Waals surface area contributed by atoms with Crippen molar-refractivity contribution in [2.45, 2.75) is 32.7 Å². The molecule has 0 saturated carbocycles. The monoisotopic (exact) mass is 324 g/mol. The van der Waals surface area contributed by atoms with E-state index in [-0.39, 0.29) is 5.41 Å². The van der Waals surface area contributed by atoms with Gasteiger partial charge in [-0.3, -0.25) is 0 Å². The van der Waals surface area contributed by atoms with Crippen LogP contribution in [0.1, 0.15) is 32.2 Å². The van der Waals surface area contributed by atoms with E-state index < -0.39 is 0 Å². The Hall–Kier alpha value is -2.63. The van der Waals surface area contributed by atoms with Gasteiger partial charge in [-0.25, -0.2) is 0 Å². The molecule has 3 aromatic rings. The van der Waals surface area contributed by atoms with Crippen molar-refractivity contribution in [3.63, 3.8) is 0 Å². The van der Waals surface area contributed by atoms with E-state index in [1.807, 2.05) is 30.7 Å². The van der Waals surface area contributed by atoms with Crippen LogP contribution < -0.4 is 10.2 Å². The Labute approximate surface area is 142 Å². The normalized spacial score (nSPS) is 11.7. The average Bonchev–Trinajstić information content (AvgIpc) is 2.96. The highest BCUT2D eigenvalue weighted by Crippen LogP contribution is 2.21. The first-order chi connectivity index (χ1) is 11.3. The topological polar surface area (TPSA) is 58.3 Å². The second-order valence-corrected chi connectivity index (χ2v) is 7.18. The van der Waals surface area contributed by atoms with E-state index in [1.165, 1.54) is 11.3 Å². The SMILES string of the molecule is CN(C)c1ccc(CNc2ccc3nnc(C(C)(C)C)n3n2)cc1. The lowest BCUT2D eigenvalue weighted by Crippen LogP contribution is -2.17. The fourth-order valence-electron chi connectivity index (χ4n) is 2.46. The lowest BCUT2D eigenvalue weighted by Gasteiger charge is -2.15. The Morgan fingerprint density at radius 1 is 1.00 bits per heavy atom. The van der Waals surface area contributed by atoms with Gasteiger partial charge in [-0.05, 0) is 29.8 Å². The van der Waals surface area contributed by atoms with Crippen molar-refractivity contribution in [1.82, 2.24) is 19.8 Å². The number of anilines is 2. The van der Waals surface area contributed by atoms with Gasteiger partial charge in [0.2, 0.25) is 0 Å². The molecule has 1 N–H and O–H groups in total. The Morgan fingerprint density at radius 2 is 1.71 bits per heavy atom. The van der Waals surface area contributed by atoms with Crippen molar-refractivity contribution >= 4 is 17.2 Å². The van der Waals surface area contributed by atoms with E-state index in [1.54, 1.807) is 0 Å². The Bertz CT molecular complexity index is 827. The molecule has 0 bridgehead atoms. The minimum absolute atomic E-state index is 0.104. The molecule has 0 aliphatic carbocycles. The molecular formula is C18H24N6.